The maximum Gasteiger partial charge on any atom is 0.0988 e. The van der Waals surface area contributed by atoms with Crippen molar-refractivity contribution in [2.45, 2.75) is 25.6 Å². The van der Waals surface area contributed by atoms with E-state index in [1.54, 1.807) is 0 Å². The second-order valence-corrected chi connectivity index (χ2v) is 5.12. The van der Waals surface area contributed by atoms with Crippen LogP contribution in [0.4, 0.5) is 11.4 Å². The normalized spacial score (nSPS) is 23.7. The average Bonchev–Trinajstić information content (AvgIpc) is 2.27. The number of hydrogen-bond acceptors (Lipinski definition) is 4. The standard InChI is InChI=1S/C13H20N2O2/c1-13(2)9-15(7-10(8-16)17-13)12-6-4-3-5-11(12)14/h3-6,10,16H,7-9,14H2,1-2H3. The number of anilines is 2. The minimum atomic E-state index is -0.270. The van der Waals surface area contributed by atoms with Gasteiger partial charge in [-0.1, -0.05) is 12.1 Å². The fourth-order valence-corrected chi connectivity index (χ4v) is 2.35. The first kappa shape index (κ1) is 12.2. The number of nitrogen functional groups attached to an aromatic ring is 1. The van der Waals surface area contributed by atoms with Gasteiger partial charge in [0.1, 0.15) is 0 Å². The number of nitrogens with two attached hydrogens (primary N) is 1. The summed E-state index contributed by atoms with van der Waals surface area (Å²) in [7, 11) is 0. The van der Waals surface area contributed by atoms with Crippen molar-refractivity contribution in [3.63, 3.8) is 0 Å². The first-order chi connectivity index (χ1) is 8.02. The molecule has 0 aliphatic carbocycles. The monoisotopic (exact) mass is 236 g/mol. The molecule has 0 aromatic heterocycles. The van der Waals surface area contributed by atoms with Gasteiger partial charge in [0, 0.05) is 13.1 Å². The summed E-state index contributed by atoms with van der Waals surface area (Å²) in [6.07, 6.45) is -0.154. The molecule has 17 heavy (non-hydrogen) atoms. The van der Waals surface area contributed by atoms with Gasteiger partial charge in [0.15, 0.2) is 0 Å². The van der Waals surface area contributed by atoms with E-state index in [9.17, 15) is 5.11 Å². The second-order valence-electron chi connectivity index (χ2n) is 5.12. The summed E-state index contributed by atoms with van der Waals surface area (Å²) in [6, 6.07) is 7.80. The van der Waals surface area contributed by atoms with Crippen LogP contribution in [-0.2, 0) is 4.74 Å². The molecule has 1 saturated heterocycles. The van der Waals surface area contributed by atoms with Gasteiger partial charge in [-0.2, -0.15) is 0 Å². The summed E-state index contributed by atoms with van der Waals surface area (Å²) >= 11 is 0. The van der Waals surface area contributed by atoms with Crippen molar-refractivity contribution in [2.24, 2.45) is 0 Å². The predicted octanol–water partition coefficient (Wildman–Crippen LogP) is 1.24. The summed E-state index contributed by atoms with van der Waals surface area (Å²) in [6.45, 7) is 5.54. The van der Waals surface area contributed by atoms with Crippen LogP contribution in [0.3, 0.4) is 0 Å². The smallest absolute Gasteiger partial charge is 0.0988 e. The van der Waals surface area contributed by atoms with Gasteiger partial charge in [-0.25, -0.2) is 0 Å². The van der Waals surface area contributed by atoms with E-state index in [1.807, 2.05) is 38.1 Å². The molecular weight excluding hydrogens is 216 g/mol. The number of rotatable bonds is 2. The molecule has 1 aliphatic heterocycles. The van der Waals surface area contributed by atoms with Crippen molar-refractivity contribution >= 4 is 11.4 Å². The molecule has 1 aromatic rings. The molecule has 0 saturated carbocycles. The number of nitrogens with zero attached hydrogens (tertiary/aromatic N) is 1. The maximum atomic E-state index is 9.27. The zero-order valence-electron chi connectivity index (χ0n) is 10.4. The lowest BCUT2D eigenvalue weighted by atomic mass is 10.0. The fraction of sp³-hybridized carbons (Fsp3) is 0.538. The Morgan fingerprint density at radius 3 is 2.82 bits per heavy atom. The van der Waals surface area contributed by atoms with Gasteiger partial charge in [0.25, 0.3) is 0 Å². The second kappa shape index (κ2) is 4.55. The molecule has 1 aromatic carbocycles. The van der Waals surface area contributed by atoms with E-state index in [0.29, 0.717) is 6.54 Å². The maximum absolute atomic E-state index is 9.27. The van der Waals surface area contributed by atoms with Gasteiger partial charge >= 0.3 is 0 Å². The molecule has 4 nitrogen and oxygen atoms in total. The third-order valence-electron chi connectivity index (χ3n) is 2.96. The number of para-hydroxylation sites is 2. The third kappa shape index (κ3) is 2.70. The number of benzene rings is 1. The molecule has 1 aliphatic rings. The highest BCUT2D eigenvalue weighted by molar-refractivity contribution is 5.67. The van der Waals surface area contributed by atoms with Crippen LogP contribution in [0.5, 0.6) is 0 Å². The Morgan fingerprint density at radius 1 is 1.47 bits per heavy atom. The fourth-order valence-electron chi connectivity index (χ4n) is 2.35. The van der Waals surface area contributed by atoms with Crippen LogP contribution in [0.15, 0.2) is 24.3 Å². The van der Waals surface area contributed by atoms with Gasteiger partial charge < -0.3 is 20.5 Å². The summed E-state index contributed by atoms with van der Waals surface area (Å²) in [5.74, 6) is 0. The van der Waals surface area contributed by atoms with Crippen molar-refractivity contribution in [3.8, 4) is 0 Å². The van der Waals surface area contributed by atoms with Crippen molar-refractivity contribution in [2.75, 3.05) is 30.3 Å². The summed E-state index contributed by atoms with van der Waals surface area (Å²) in [5, 5.41) is 9.27. The average molecular weight is 236 g/mol. The van der Waals surface area contributed by atoms with Crippen LogP contribution < -0.4 is 10.6 Å². The van der Waals surface area contributed by atoms with Crippen molar-refractivity contribution in [3.05, 3.63) is 24.3 Å². The Bertz CT molecular complexity index is 393. The van der Waals surface area contributed by atoms with Crippen LogP contribution in [0, 0.1) is 0 Å². The van der Waals surface area contributed by atoms with Gasteiger partial charge in [-0.3, -0.25) is 0 Å². The first-order valence-corrected chi connectivity index (χ1v) is 5.90. The molecule has 4 heteroatoms. The van der Waals surface area contributed by atoms with Crippen LogP contribution in [-0.4, -0.2) is 36.5 Å². The van der Waals surface area contributed by atoms with E-state index < -0.39 is 0 Å². The number of aliphatic hydroxyl groups excluding tert-OH is 1. The lowest BCUT2D eigenvalue weighted by Gasteiger charge is -2.43. The highest BCUT2D eigenvalue weighted by Crippen LogP contribution is 2.29. The lowest BCUT2D eigenvalue weighted by Crippen LogP contribution is -2.54. The van der Waals surface area contributed by atoms with Crippen LogP contribution in [0.1, 0.15) is 13.8 Å². The number of aliphatic hydroxyl groups is 1. The van der Waals surface area contributed by atoms with Crippen LogP contribution in [0.25, 0.3) is 0 Å². The molecular formula is C13H20N2O2. The quantitative estimate of drug-likeness (QED) is 0.759. The highest BCUT2D eigenvalue weighted by atomic mass is 16.5. The summed E-state index contributed by atoms with van der Waals surface area (Å²) in [4.78, 5) is 2.18. The number of morpholine rings is 1. The van der Waals surface area contributed by atoms with E-state index in [2.05, 4.69) is 4.90 Å². The van der Waals surface area contributed by atoms with E-state index in [1.165, 1.54) is 0 Å². The Morgan fingerprint density at radius 2 is 2.18 bits per heavy atom. The summed E-state index contributed by atoms with van der Waals surface area (Å²) < 4.78 is 5.78. The molecule has 0 bridgehead atoms. The molecule has 3 N–H and O–H groups in total. The van der Waals surface area contributed by atoms with Gasteiger partial charge in [0.05, 0.1) is 29.7 Å². The zero-order chi connectivity index (χ0) is 12.5. The Kier molecular flexibility index (Phi) is 3.26. The van der Waals surface area contributed by atoms with Crippen LogP contribution in [0.2, 0.25) is 0 Å². The molecule has 1 atom stereocenters. The van der Waals surface area contributed by atoms with Gasteiger partial charge in [-0.15, -0.1) is 0 Å². The zero-order valence-corrected chi connectivity index (χ0v) is 10.4. The van der Waals surface area contributed by atoms with Crippen LogP contribution >= 0.6 is 0 Å². The Hall–Kier alpha value is -1.26. The molecule has 0 amide bonds. The third-order valence-corrected chi connectivity index (χ3v) is 2.96. The molecule has 1 fully saturated rings. The molecule has 0 radical (unpaired) electrons. The van der Waals surface area contributed by atoms with Gasteiger partial charge in [-0.05, 0) is 26.0 Å². The lowest BCUT2D eigenvalue weighted by molar-refractivity contribution is -0.100. The Balaban J connectivity index is 2.24. The molecule has 1 unspecified atom stereocenters. The minimum absolute atomic E-state index is 0.0344. The van der Waals surface area contributed by atoms with Gasteiger partial charge in [0.2, 0.25) is 0 Å². The number of ether oxygens (including phenoxy) is 1. The molecule has 94 valence electrons. The molecule has 0 spiro atoms. The molecule has 2 rings (SSSR count). The van der Waals surface area contributed by atoms with Crippen molar-refractivity contribution in [1.29, 1.82) is 0 Å². The SMILES string of the molecule is CC1(C)CN(c2ccccc2N)CC(CO)O1. The minimum Gasteiger partial charge on any atom is -0.397 e. The van der Waals surface area contributed by atoms with E-state index in [4.69, 9.17) is 10.5 Å². The van der Waals surface area contributed by atoms with Crippen molar-refractivity contribution in [1.82, 2.24) is 0 Å². The largest absolute Gasteiger partial charge is 0.397 e. The number of hydrogen-bond donors (Lipinski definition) is 2. The van der Waals surface area contributed by atoms with E-state index >= 15 is 0 Å². The summed E-state index contributed by atoms with van der Waals surface area (Å²) in [5.41, 5.74) is 7.49. The van der Waals surface area contributed by atoms with E-state index in [0.717, 1.165) is 17.9 Å². The first-order valence-electron chi connectivity index (χ1n) is 5.90. The van der Waals surface area contributed by atoms with Crippen molar-refractivity contribution < 1.29 is 9.84 Å². The predicted molar refractivity (Wildman–Crippen MR) is 69.1 cm³/mol. The molecule has 1 heterocycles. The van der Waals surface area contributed by atoms with E-state index in [-0.39, 0.29) is 18.3 Å². The topological polar surface area (TPSA) is 58.7 Å². The highest BCUT2D eigenvalue weighted by Gasteiger charge is 2.33. The Labute approximate surface area is 102 Å².